The fraction of sp³-hybridized carbons (Fsp3) is 0.857. The van der Waals surface area contributed by atoms with Crippen LogP contribution in [0.1, 0.15) is 33.1 Å². The molecule has 0 aromatic carbocycles. The van der Waals surface area contributed by atoms with Crippen LogP contribution in [0.4, 0.5) is 0 Å². The maximum absolute atomic E-state index is 5.10. The fourth-order valence-electron chi connectivity index (χ4n) is 1.73. The third-order valence-corrected chi connectivity index (χ3v) is 2.70. The summed E-state index contributed by atoms with van der Waals surface area (Å²) in [5.74, 6) is 0. The Balaban J connectivity index is 3.43. The van der Waals surface area contributed by atoms with Gasteiger partial charge in [0, 0.05) is 26.2 Å². The second-order valence-corrected chi connectivity index (χ2v) is 4.75. The molecular weight excluding hydrogens is 212 g/mol. The minimum Gasteiger partial charge on any atom is -0.383 e. The molecule has 0 aromatic rings. The third kappa shape index (κ3) is 11.9. The van der Waals surface area contributed by atoms with Crippen LogP contribution >= 0.6 is 0 Å². The van der Waals surface area contributed by atoms with Crippen LogP contribution in [0, 0.1) is 0 Å². The average Bonchev–Trinajstić information content (AvgIpc) is 2.29. The lowest BCUT2D eigenvalue weighted by Crippen LogP contribution is -2.29. The summed E-state index contributed by atoms with van der Waals surface area (Å²) in [6.45, 7) is 13.2. The molecule has 3 nitrogen and oxygen atoms in total. The highest BCUT2D eigenvalue weighted by molar-refractivity contribution is 4.73. The minimum absolute atomic E-state index is 0.606. The zero-order valence-corrected chi connectivity index (χ0v) is 11.9. The van der Waals surface area contributed by atoms with Crippen molar-refractivity contribution in [3.8, 4) is 0 Å². The summed E-state index contributed by atoms with van der Waals surface area (Å²) in [4.78, 5) is 2.40. The molecule has 0 atom stereocenters. The van der Waals surface area contributed by atoms with Crippen molar-refractivity contribution in [2.75, 3.05) is 39.9 Å². The van der Waals surface area contributed by atoms with E-state index in [9.17, 15) is 0 Å². The Hall–Kier alpha value is -0.380. The molecule has 0 rings (SSSR count). The lowest BCUT2D eigenvalue weighted by Gasteiger charge is -2.20. The van der Waals surface area contributed by atoms with Crippen LogP contribution in [-0.4, -0.2) is 50.8 Å². The monoisotopic (exact) mass is 242 g/mol. The number of nitrogens with one attached hydrogen (secondary N) is 1. The molecule has 0 amide bonds. The van der Waals surface area contributed by atoms with E-state index in [2.05, 4.69) is 30.6 Å². The van der Waals surface area contributed by atoms with Crippen molar-refractivity contribution < 1.29 is 4.74 Å². The van der Waals surface area contributed by atoms with E-state index in [0.29, 0.717) is 6.04 Å². The van der Waals surface area contributed by atoms with E-state index in [0.717, 1.165) is 32.8 Å². The zero-order chi connectivity index (χ0) is 12.9. The molecule has 0 aliphatic rings. The molecule has 0 saturated heterocycles. The fourth-order valence-corrected chi connectivity index (χ4v) is 1.73. The average molecular weight is 242 g/mol. The number of methoxy groups -OCH3 is 1. The van der Waals surface area contributed by atoms with Gasteiger partial charge in [0.25, 0.3) is 0 Å². The number of hydrogen-bond donors (Lipinski definition) is 1. The number of rotatable bonds is 12. The second-order valence-electron chi connectivity index (χ2n) is 4.75. The highest BCUT2D eigenvalue weighted by Gasteiger charge is 2.01. The molecule has 0 aliphatic carbocycles. The van der Waals surface area contributed by atoms with E-state index >= 15 is 0 Å². The quantitative estimate of drug-likeness (QED) is 0.420. The summed E-state index contributed by atoms with van der Waals surface area (Å²) in [6, 6.07) is 0.606. The van der Waals surface area contributed by atoms with E-state index < -0.39 is 0 Å². The Labute approximate surface area is 107 Å². The van der Waals surface area contributed by atoms with Gasteiger partial charge in [-0.2, -0.15) is 0 Å². The lowest BCUT2D eigenvalue weighted by atomic mass is 10.2. The van der Waals surface area contributed by atoms with Gasteiger partial charge in [0.2, 0.25) is 0 Å². The first-order valence-electron chi connectivity index (χ1n) is 6.76. The first-order valence-corrected chi connectivity index (χ1v) is 6.76. The van der Waals surface area contributed by atoms with Gasteiger partial charge >= 0.3 is 0 Å². The van der Waals surface area contributed by atoms with Crippen LogP contribution in [0.25, 0.3) is 0 Å². The molecule has 0 heterocycles. The molecule has 0 radical (unpaired) electrons. The topological polar surface area (TPSA) is 24.5 Å². The predicted octanol–water partition coefficient (Wildman–Crippen LogP) is 2.29. The van der Waals surface area contributed by atoms with Crippen molar-refractivity contribution in [1.29, 1.82) is 0 Å². The lowest BCUT2D eigenvalue weighted by molar-refractivity contribution is 0.153. The Morgan fingerprint density at radius 3 is 2.59 bits per heavy atom. The van der Waals surface area contributed by atoms with Gasteiger partial charge in [-0.25, -0.2) is 0 Å². The molecule has 1 N–H and O–H groups in total. The summed E-state index contributed by atoms with van der Waals surface area (Å²) < 4.78 is 5.10. The smallest absolute Gasteiger partial charge is 0.0589 e. The highest BCUT2D eigenvalue weighted by Crippen LogP contribution is 1.99. The third-order valence-electron chi connectivity index (χ3n) is 2.70. The largest absolute Gasteiger partial charge is 0.383 e. The van der Waals surface area contributed by atoms with Crippen molar-refractivity contribution in [3.05, 3.63) is 12.7 Å². The summed E-state index contributed by atoms with van der Waals surface area (Å²) in [7, 11) is 1.75. The molecule has 0 aromatic heterocycles. The van der Waals surface area contributed by atoms with Gasteiger partial charge < -0.3 is 10.1 Å². The van der Waals surface area contributed by atoms with Crippen molar-refractivity contribution in [3.63, 3.8) is 0 Å². The van der Waals surface area contributed by atoms with Crippen LogP contribution in [0.15, 0.2) is 12.7 Å². The van der Waals surface area contributed by atoms with Crippen molar-refractivity contribution >= 4 is 0 Å². The molecule has 0 spiro atoms. The second kappa shape index (κ2) is 12.1. The van der Waals surface area contributed by atoms with E-state index in [1.165, 1.54) is 19.3 Å². The van der Waals surface area contributed by atoms with Gasteiger partial charge in [-0.1, -0.05) is 26.3 Å². The Morgan fingerprint density at radius 2 is 2.00 bits per heavy atom. The maximum Gasteiger partial charge on any atom is 0.0589 e. The van der Waals surface area contributed by atoms with Gasteiger partial charge in [0.15, 0.2) is 0 Å². The Morgan fingerprint density at radius 1 is 1.24 bits per heavy atom. The molecule has 0 unspecified atom stereocenters. The molecular formula is C14H30N2O. The van der Waals surface area contributed by atoms with Crippen LogP contribution in [-0.2, 0) is 4.74 Å². The van der Waals surface area contributed by atoms with Gasteiger partial charge in [0.1, 0.15) is 0 Å². The van der Waals surface area contributed by atoms with Crippen LogP contribution < -0.4 is 5.32 Å². The first kappa shape index (κ1) is 16.6. The molecule has 3 heteroatoms. The summed E-state index contributed by atoms with van der Waals surface area (Å²) in [6.07, 6.45) is 5.79. The molecule has 0 aliphatic heterocycles. The molecule has 17 heavy (non-hydrogen) atoms. The SMILES string of the molecule is C=CCN(CCCCCNC(C)C)CCOC. The minimum atomic E-state index is 0.606. The molecule has 0 saturated carbocycles. The number of hydrogen-bond acceptors (Lipinski definition) is 3. The first-order chi connectivity index (χ1) is 8.20. The van der Waals surface area contributed by atoms with Gasteiger partial charge in [-0.3, -0.25) is 4.90 Å². The normalized spacial score (nSPS) is 11.4. The van der Waals surface area contributed by atoms with E-state index in [4.69, 9.17) is 4.74 Å². The standard InChI is InChI=1S/C14H30N2O/c1-5-10-16(12-13-17-4)11-8-6-7-9-15-14(2)3/h5,14-15H,1,6-13H2,2-4H3. The van der Waals surface area contributed by atoms with Crippen molar-refractivity contribution in [2.45, 2.75) is 39.2 Å². The highest BCUT2D eigenvalue weighted by atomic mass is 16.5. The van der Waals surface area contributed by atoms with Crippen molar-refractivity contribution in [2.24, 2.45) is 0 Å². The van der Waals surface area contributed by atoms with Gasteiger partial charge in [0.05, 0.1) is 6.61 Å². The van der Waals surface area contributed by atoms with Crippen molar-refractivity contribution in [1.82, 2.24) is 10.2 Å². The molecule has 0 bridgehead atoms. The molecule has 0 fully saturated rings. The predicted molar refractivity (Wildman–Crippen MR) is 75.5 cm³/mol. The number of nitrogens with zero attached hydrogens (tertiary/aromatic N) is 1. The van der Waals surface area contributed by atoms with E-state index in [1.54, 1.807) is 7.11 Å². The zero-order valence-electron chi connectivity index (χ0n) is 11.9. The molecule has 102 valence electrons. The van der Waals surface area contributed by atoms with Crippen LogP contribution in [0.5, 0.6) is 0 Å². The van der Waals surface area contributed by atoms with E-state index in [1.807, 2.05) is 6.08 Å². The Bertz CT molecular complexity index is 172. The number of ether oxygens (including phenoxy) is 1. The van der Waals surface area contributed by atoms with E-state index in [-0.39, 0.29) is 0 Å². The van der Waals surface area contributed by atoms with Gasteiger partial charge in [-0.05, 0) is 25.9 Å². The van der Waals surface area contributed by atoms with Gasteiger partial charge in [-0.15, -0.1) is 6.58 Å². The summed E-state index contributed by atoms with van der Waals surface area (Å²) in [5, 5.41) is 3.44. The van der Waals surface area contributed by atoms with Crippen LogP contribution in [0.3, 0.4) is 0 Å². The summed E-state index contributed by atoms with van der Waals surface area (Å²) >= 11 is 0. The maximum atomic E-state index is 5.10. The Kier molecular flexibility index (Phi) is 11.8. The van der Waals surface area contributed by atoms with Crippen LogP contribution in [0.2, 0.25) is 0 Å². The number of unbranched alkanes of at least 4 members (excludes halogenated alkanes) is 2. The summed E-state index contributed by atoms with van der Waals surface area (Å²) in [5.41, 5.74) is 0.